The maximum Gasteiger partial charge on any atom is 0.254 e. The van der Waals surface area contributed by atoms with Gasteiger partial charge in [-0.15, -0.1) is 5.10 Å². The molecule has 4 heterocycles. The fraction of sp³-hybridized carbons (Fsp3) is 0.407. The molecule has 3 unspecified atom stereocenters. The van der Waals surface area contributed by atoms with Crippen LogP contribution in [0.2, 0.25) is 0 Å². The maximum atomic E-state index is 13.7. The Bertz CT molecular complexity index is 1450. The van der Waals surface area contributed by atoms with Crippen LogP contribution < -0.4 is 10.5 Å². The van der Waals surface area contributed by atoms with Crippen molar-refractivity contribution in [2.45, 2.75) is 64.8 Å². The molecule has 0 saturated carbocycles. The number of rotatable bonds is 5. The molecule has 0 bridgehead atoms. The molecule has 1 fully saturated rings. The third-order valence-corrected chi connectivity index (χ3v) is 7.51. The normalized spacial score (nSPS) is 20.5. The smallest absolute Gasteiger partial charge is 0.254 e. The number of hydrogen-bond donors (Lipinski definition) is 1. The van der Waals surface area contributed by atoms with Gasteiger partial charge in [-0.25, -0.2) is 4.68 Å². The van der Waals surface area contributed by atoms with Crippen LogP contribution in [0.5, 0.6) is 0 Å². The Labute approximate surface area is 203 Å². The van der Waals surface area contributed by atoms with E-state index in [9.17, 15) is 4.79 Å². The van der Waals surface area contributed by atoms with Crippen molar-refractivity contribution in [1.82, 2.24) is 25.2 Å². The molecule has 0 aliphatic carbocycles. The Balaban J connectivity index is 1.56. The highest BCUT2D eigenvalue weighted by atomic mass is 16.5. The van der Waals surface area contributed by atoms with Crippen LogP contribution in [0.3, 0.4) is 0 Å². The second kappa shape index (κ2) is 8.61. The summed E-state index contributed by atoms with van der Waals surface area (Å²) in [4.78, 5) is 19.2. The van der Waals surface area contributed by atoms with Gasteiger partial charge in [-0.1, -0.05) is 30.3 Å². The third kappa shape index (κ3) is 3.72. The second-order valence-corrected chi connectivity index (χ2v) is 9.89. The molecule has 0 amide bonds. The van der Waals surface area contributed by atoms with Gasteiger partial charge in [0.25, 0.3) is 5.56 Å². The van der Waals surface area contributed by atoms with Gasteiger partial charge in [0.1, 0.15) is 6.04 Å². The molecule has 1 saturated heterocycles. The number of aromatic amines is 1. The largest absolute Gasteiger partial charge is 0.376 e. The van der Waals surface area contributed by atoms with Crippen molar-refractivity contribution < 1.29 is 4.74 Å². The van der Waals surface area contributed by atoms with E-state index < -0.39 is 6.04 Å². The average molecular weight is 471 g/mol. The lowest BCUT2D eigenvalue weighted by molar-refractivity contribution is 0.0924. The molecule has 2 aromatic carbocycles. The lowest BCUT2D eigenvalue weighted by Crippen LogP contribution is -2.39. The lowest BCUT2D eigenvalue weighted by Gasteiger charge is -2.33. The minimum atomic E-state index is -0.432. The Morgan fingerprint density at radius 3 is 2.83 bits per heavy atom. The first kappa shape index (κ1) is 22.0. The molecule has 0 radical (unpaired) electrons. The van der Waals surface area contributed by atoms with Crippen LogP contribution in [0.15, 0.2) is 47.3 Å². The fourth-order valence-electron chi connectivity index (χ4n) is 5.71. The minimum absolute atomic E-state index is 0.0842. The number of H-pyrrole nitrogens is 1. The van der Waals surface area contributed by atoms with Crippen LogP contribution in [0, 0.1) is 13.8 Å². The standard InChI is InChI=1S/C27H30N6O2/c1-16-10-11-17(2)24-21(16)14-22(27(34)28-24)25(33-18(3)13-19-7-4-5-9-23(19)33)26-29-30-31-32(26)15-20-8-6-12-35-20/h4-5,7,9-11,14,18,20,25H,6,8,12-13,15H2,1-3H3,(H,28,34). The summed E-state index contributed by atoms with van der Waals surface area (Å²) in [5.41, 5.74) is 5.98. The lowest BCUT2D eigenvalue weighted by atomic mass is 9.99. The average Bonchev–Trinajstić information content (AvgIpc) is 3.59. The zero-order chi connectivity index (χ0) is 24.1. The molecule has 2 aromatic heterocycles. The van der Waals surface area contributed by atoms with Gasteiger partial charge >= 0.3 is 0 Å². The van der Waals surface area contributed by atoms with Crippen molar-refractivity contribution in [2.75, 3.05) is 11.5 Å². The van der Waals surface area contributed by atoms with Crippen LogP contribution in [0.25, 0.3) is 10.9 Å². The highest BCUT2D eigenvalue weighted by Crippen LogP contribution is 2.41. The summed E-state index contributed by atoms with van der Waals surface area (Å²) < 4.78 is 7.72. The quantitative estimate of drug-likeness (QED) is 0.477. The van der Waals surface area contributed by atoms with E-state index >= 15 is 0 Å². The van der Waals surface area contributed by atoms with Crippen molar-refractivity contribution in [3.8, 4) is 0 Å². The summed E-state index contributed by atoms with van der Waals surface area (Å²) in [6.45, 7) is 7.65. The van der Waals surface area contributed by atoms with E-state index in [1.54, 1.807) is 0 Å². The number of nitrogens with one attached hydrogen (secondary N) is 1. The van der Waals surface area contributed by atoms with Crippen molar-refractivity contribution in [3.05, 3.63) is 80.9 Å². The molecule has 8 heteroatoms. The van der Waals surface area contributed by atoms with Crippen molar-refractivity contribution in [1.29, 1.82) is 0 Å². The molecule has 1 N–H and O–H groups in total. The Morgan fingerprint density at radius 1 is 1.17 bits per heavy atom. The van der Waals surface area contributed by atoms with Crippen molar-refractivity contribution >= 4 is 16.6 Å². The third-order valence-electron chi connectivity index (χ3n) is 7.51. The van der Waals surface area contributed by atoms with Gasteiger partial charge in [-0.05, 0) is 79.3 Å². The summed E-state index contributed by atoms with van der Waals surface area (Å²) in [5, 5.41) is 13.9. The molecule has 6 rings (SSSR count). The molecule has 35 heavy (non-hydrogen) atoms. The molecule has 3 atom stereocenters. The first-order chi connectivity index (χ1) is 17.0. The van der Waals surface area contributed by atoms with E-state index in [0.717, 1.165) is 53.6 Å². The van der Waals surface area contributed by atoms with E-state index in [-0.39, 0.29) is 17.7 Å². The number of tetrazole rings is 1. The highest BCUT2D eigenvalue weighted by molar-refractivity contribution is 5.85. The van der Waals surface area contributed by atoms with Crippen LogP contribution in [-0.2, 0) is 17.7 Å². The molecular formula is C27H30N6O2. The number of benzene rings is 2. The molecule has 2 aliphatic rings. The van der Waals surface area contributed by atoms with Crippen LogP contribution >= 0.6 is 0 Å². The number of nitrogens with zero attached hydrogens (tertiary/aromatic N) is 5. The zero-order valence-electron chi connectivity index (χ0n) is 20.4. The monoisotopic (exact) mass is 470 g/mol. The number of aromatic nitrogens is 5. The van der Waals surface area contributed by atoms with E-state index in [4.69, 9.17) is 4.74 Å². The number of fused-ring (bicyclic) bond motifs is 2. The van der Waals surface area contributed by atoms with Gasteiger partial charge in [0.15, 0.2) is 5.82 Å². The summed E-state index contributed by atoms with van der Waals surface area (Å²) >= 11 is 0. The van der Waals surface area contributed by atoms with E-state index in [1.165, 1.54) is 5.56 Å². The Hall–Kier alpha value is -3.52. The van der Waals surface area contributed by atoms with Gasteiger partial charge in [-0.3, -0.25) is 4.79 Å². The maximum absolute atomic E-state index is 13.7. The fourth-order valence-corrected chi connectivity index (χ4v) is 5.71. The Kier molecular flexibility index (Phi) is 5.40. The van der Waals surface area contributed by atoms with Crippen LogP contribution in [0.4, 0.5) is 5.69 Å². The zero-order valence-corrected chi connectivity index (χ0v) is 20.4. The predicted octanol–water partition coefficient (Wildman–Crippen LogP) is 3.85. The predicted molar refractivity (Wildman–Crippen MR) is 135 cm³/mol. The first-order valence-electron chi connectivity index (χ1n) is 12.4. The first-order valence-corrected chi connectivity index (χ1v) is 12.4. The summed E-state index contributed by atoms with van der Waals surface area (Å²) in [5.74, 6) is 0.666. The second-order valence-electron chi connectivity index (χ2n) is 9.89. The Morgan fingerprint density at radius 2 is 2.00 bits per heavy atom. The summed E-state index contributed by atoms with van der Waals surface area (Å²) in [7, 11) is 0. The molecule has 180 valence electrons. The minimum Gasteiger partial charge on any atom is -0.376 e. The molecule has 8 nitrogen and oxygen atoms in total. The number of hydrogen-bond acceptors (Lipinski definition) is 6. The van der Waals surface area contributed by atoms with Gasteiger partial charge in [0.05, 0.1) is 18.2 Å². The highest BCUT2D eigenvalue weighted by Gasteiger charge is 2.38. The number of pyridine rings is 1. The van der Waals surface area contributed by atoms with Crippen molar-refractivity contribution in [2.24, 2.45) is 0 Å². The topological polar surface area (TPSA) is 88.9 Å². The SMILES string of the molecule is Cc1ccc(C)c2[nH]c(=O)c(C(c3nnnn3CC3CCCO3)N3c4ccccc4CC3C)cc12. The van der Waals surface area contributed by atoms with Gasteiger partial charge in [-0.2, -0.15) is 0 Å². The summed E-state index contributed by atoms with van der Waals surface area (Å²) in [6.07, 6.45) is 3.03. The summed E-state index contributed by atoms with van der Waals surface area (Å²) in [6, 6.07) is 14.4. The van der Waals surface area contributed by atoms with Gasteiger partial charge in [0.2, 0.25) is 0 Å². The number of para-hydroxylation sites is 1. The molecule has 0 spiro atoms. The molecule has 4 aromatic rings. The number of aryl methyl sites for hydroxylation is 2. The number of ether oxygens (including phenoxy) is 1. The van der Waals surface area contributed by atoms with E-state index in [1.807, 2.05) is 23.7 Å². The molecule has 2 aliphatic heterocycles. The molecular weight excluding hydrogens is 440 g/mol. The van der Waals surface area contributed by atoms with E-state index in [0.29, 0.717) is 17.9 Å². The van der Waals surface area contributed by atoms with Gasteiger partial charge in [0, 0.05) is 29.3 Å². The van der Waals surface area contributed by atoms with Gasteiger partial charge < -0.3 is 14.6 Å². The van der Waals surface area contributed by atoms with Crippen LogP contribution in [-0.4, -0.2) is 43.9 Å². The van der Waals surface area contributed by atoms with Crippen LogP contribution in [0.1, 0.15) is 53.9 Å². The van der Waals surface area contributed by atoms with E-state index in [2.05, 4.69) is 69.6 Å². The van der Waals surface area contributed by atoms with Crippen molar-refractivity contribution in [3.63, 3.8) is 0 Å². The number of anilines is 1.